The third-order valence-electron chi connectivity index (χ3n) is 2.78. The lowest BCUT2D eigenvalue weighted by atomic mass is 10.2. The van der Waals surface area contributed by atoms with Crippen molar-refractivity contribution in [3.05, 3.63) is 21.4 Å². The molecule has 1 unspecified atom stereocenters. The van der Waals surface area contributed by atoms with Crippen LogP contribution in [0.15, 0.2) is 6.07 Å². The minimum Gasteiger partial charge on any atom is -0.350 e. The number of amides is 1. The molecule has 1 atom stereocenters. The molecule has 0 fully saturated rings. The van der Waals surface area contributed by atoms with Gasteiger partial charge in [-0.2, -0.15) is 11.8 Å². The van der Waals surface area contributed by atoms with Crippen molar-refractivity contribution in [3.63, 3.8) is 0 Å². The second kappa shape index (κ2) is 6.12. The van der Waals surface area contributed by atoms with E-state index in [0.717, 1.165) is 23.5 Å². The summed E-state index contributed by atoms with van der Waals surface area (Å²) in [6.07, 6.45) is 1.98. The Morgan fingerprint density at radius 2 is 2.47 bits per heavy atom. The van der Waals surface area contributed by atoms with Crippen LogP contribution < -0.4 is 5.32 Å². The molecular formula is C12H16ClNOS2. The van der Waals surface area contributed by atoms with E-state index in [1.165, 1.54) is 16.2 Å². The summed E-state index contributed by atoms with van der Waals surface area (Å²) in [7, 11) is 0. The van der Waals surface area contributed by atoms with E-state index in [9.17, 15) is 4.79 Å². The first-order chi connectivity index (χ1) is 8.20. The molecule has 1 aliphatic heterocycles. The Bertz CT molecular complexity index is 382. The van der Waals surface area contributed by atoms with E-state index in [1.807, 2.05) is 24.8 Å². The molecule has 0 bridgehead atoms. The van der Waals surface area contributed by atoms with Crippen molar-refractivity contribution >= 4 is 40.6 Å². The summed E-state index contributed by atoms with van der Waals surface area (Å²) in [4.78, 5) is 14.1. The standard InChI is InChI=1S/C12H16ClNOS2/c1-2-9(13)6-14-12(15)11-5-8-7-16-4-3-10(8)17-11/h5,9H,2-4,6-7H2,1H3,(H,14,15). The summed E-state index contributed by atoms with van der Waals surface area (Å²) in [5.41, 5.74) is 1.34. The number of carbonyl (C=O) groups excluding carboxylic acids is 1. The van der Waals surface area contributed by atoms with Crippen LogP contribution in [0.3, 0.4) is 0 Å². The van der Waals surface area contributed by atoms with Gasteiger partial charge in [-0.25, -0.2) is 0 Å². The van der Waals surface area contributed by atoms with Crippen LogP contribution >= 0.6 is 34.7 Å². The summed E-state index contributed by atoms with van der Waals surface area (Å²) in [6.45, 7) is 2.57. The Labute approximate surface area is 115 Å². The fourth-order valence-corrected chi connectivity index (χ4v) is 4.06. The van der Waals surface area contributed by atoms with Crippen molar-refractivity contribution in [2.75, 3.05) is 12.3 Å². The highest BCUT2D eigenvalue weighted by molar-refractivity contribution is 7.98. The molecule has 5 heteroatoms. The number of thioether (sulfide) groups is 1. The van der Waals surface area contributed by atoms with Crippen molar-refractivity contribution < 1.29 is 4.79 Å². The molecule has 0 saturated heterocycles. The molecule has 1 amide bonds. The van der Waals surface area contributed by atoms with Gasteiger partial charge < -0.3 is 5.32 Å². The van der Waals surface area contributed by atoms with Crippen LogP contribution in [0.1, 0.15) is 33.5 Å². The quantitative estimate of drug-likeness (QED) is 0.862. The van der Waals surface area contributed by atoms with Gasteiger partial charge in [-0.3, -0.25) is 4.79 Å². The maximum Gasteiger partial charge on any atom is 0.261 e. The lowest BCUT2D eigenvalue weighted by molar-refractivity contribution is 0.0957. The van der Waals surface area contributed by atoms with Crippen LogP contribution in [0.2, 0.25) is 0 Å². The maximum atomic E-state index is 11.9. The van der Waals surface area contributed by atoms with Gasteiger partial charge in [0.15, 0.2) is 0 Å². The Morgan fingerprint density at radius 3 is 3.18 bits per heavy atom. The smallest absolute Gasteiger partial charge is 0.261 e. The third-order valence-corrected chi connectivity index (χ3v) is 5.49. The van der Waals surface area contributed by atoms with Crippen LogP contribution in [-0.2, 0) is 12.2 Å². The molecule has 1 N–H and O–H groups in total. The minimum absolute atomic E-state index is 0.0218. The Kier molecular flexibility index (Phi) is 4.77. The molecule has 0 aromatic carbocycles. The topological polar surface area (TPSA) is 29.1 Å². The largest absolute Gasteiger partial charge is 0.350 e. The second-order valence-electron chi connectivity index (χ2n) is 4.08. The van der Waals surface area contributed by atoms with E-state index in [1.54, 1.807) is 11.3 Å². The Hall–Kier alpha value is -0.190. The molecule has 1 aliphatic rings. The maximum absolute atomic E-state index is 11.9. The molecule has 94 valence electrons. The summed E-state index contributed by atoms with van der Waals surface area (Å²) >= 11 is 9.56. The van der Waals surface area contributed by atoms with Gasteiger partial charge in [-0.05, 0) is 30.2 Å². The van der Waals surface area contributed by atoms with Crippen molar-refractivity contribution in [2.24, 2.45) is 0 Å². The van der Waals surface area contributed by atoms with Crippen molar-refractivity contribution in [3.8, 4) is 0 Å². The van der Waals surface area contributed by atoms with Gasteiger partial charge >= 0.3 is 0 Å². The monoisotopic (exact) mass is 289 g/mol. The zero-order valence-corrected chi connectivity index (χ0v) is 12.2. The molecule has 0 aliphatic carbocycles. The zero-order chi connectivity index (χ0) is 12.3. The number of hydrogen-bond donors (Lipinski definition) is 1. The number of fused-ring (bicyclic) bond motifs is 1. The number of alkyl halides is 1. The molecular weight excluding hydrogens is 274 g/mol. The average Bonchev–Trinajstić information content (AvgIpc) is 2.79. The summed E-state index contributed by atoms with van der Waals surface area (Å²) in [5, 5.41) is 2.92. The summed E-state index contributed by atoms with van der Waals surface area (Å²) < 4.78 is 0. The number of rotatable bonds is 4. The molecule has 2 rings (SSSR count). The fraction of sp³-hybridized carbons (Fsp3) is 0.583. The molecule has 0 spiro atoms. The normalized spacial score (nSPS) is 16.4. The van der Waals surface area contributed by atoms with Crippen molar-refractivity contribution in [1.29, 1.82) is 0 Å². The van der Waals surface area contributed by atoms with Gasteiger partial charge in [0.25, 0.3) is 5.91 Å². The Balaban J connectivity index is 1.97. The second-order valence-corrected chi connectivity index (χ2v) is 6.94. The molecule has 1 aromatic heterocycles. The number of thiophene rings is 1. The highest BCUT2D eigenvalue weighted by Gasteiger charge is 2.17. The lowest BCUT2D eigenvalue weighted by Crippen LogP contribution is -2.28. The van der Waals surface area contributed by atoms with Crippen LogP contribution in [0.5, 0.6) is 0 Å². The van der Waals surface area contributed by atoms with E-state index in [0.29, 0.717) is 6.54 Å². The van der Waals surface area contributed by atoms with Gasteiger partial charge in [-0.15, -0.1) is 22.9 Å². The van der Waals surface area contributed by atoms with E-state index >= 15 is 0 Å². The van der Waals surface area contributed by atoms with Gasteiger partial charge in [0.1, 0.15) is 0 Å². The SMILES string of the molecule is CCC(Cl)CNC(=O)c1cc2c(s1)CCSC2. The number of halogens is 1. The molecule has 0 saturated carbocycles. The van der Waals surface area contributed by atoms with E-state index < -0.39 is 0 Å². The molecule has 2 heterocycles. The van der Waals surface area contributed by atoms with Crippen LogP contribution in [0.25, 0.3) is 0 Å². The summed E-state index contributed by atoms with van der Waals surface area (Å²) in [6, 6.07) is 2.04. The minimum atomic E-state index is 0.0218. The average molecular weight is 290 g/mol. The van der Waals surface area contributed by atoms with E-state index in [2.05, 4.69) is 5.32 Å². The number of nitrogens with one attached hydrogen (secondary N) is 1. The Morgan fingerprint density at radius 1 is 1.65 bits per heavy atom. The van der Waals surface area contributed by atoms with Crippen molar-refractivity contribution in [2.45, 2.75) is 30.9 Å². The predicted octanol–water partition coefficient (Wildman–Crippen LogP) is 3.28. The van der Waals surface area contributed by atoms with Crippen LogP contribution in [0.4, 0.5) is 0 Å². The van der Waals surface area contributed by atoms with Crippen LogP contribution in [-0.4, -0.2) is 23.6 Å². The molecule has 17 heavy (non-hydrogen) atoms. The van der Waals surface area contributed by atoms with E-state index in [4.69, 9.17) is 11.6 Å². The molecule has 0 radical (unpaired) electrons. The van der Waals surface area contributed by atoms with E-state index in [-0.39, 0.29) is 11.3 Å². The highest BCUT2D eigenvalue weighted by atomic mass is 35.5. The van der Waals surface area contributed by atoms with Gasteiger partial charge in [0.05, 0.1) is 10.3 Å². The number of carbonyl (C=O) groups is 1. The van der Waals surface area contributed by atoms with Gasteiger partial charge in [0, 0.05) is 17.2 Å². The number of hydrogen-bond acceptors (Lipinski definition) is 3. The first kappa shape index (κ1) is 13.2. The van der Waals surface area contributed by atoms with Gasteiger partial charge in [0.2, 0.25) is 0 Å². The zero-order valence-electron chi connectivity index (χ0n) is 9.79. The van der Waals surface area contributed by atoms with Crippen molar-refractivity contribution in [1.82, 2.24) is 5.32 Å². The highest BCUT2D eigenvalue weighted by Crippen LogP contribution is 2.31. The van der Waals surface area contributed by atoms with Gasteiger partial charge in [-0.1, -0.05) is 6.92 Å². The lowest BCUT2D eigenvalue weighted by Gasteiger charge is -2.08. The number of aryl methyl sites for hydroxylation is 1. The molecule has 1 aromatic rings. The summed E-state index contributed by atoms with van der Waals surface area (Å²) in [5.74, 6) is 2.24. The van der Waals surface area contributed by atoms with Crippen LogP contribution in [0, 0.1) is 0 Å². The first-order valence-corrected chi connectivity index (χ1v) is 8.23. The first-order valence-electron chi connectivity index (χ1n) is 5.82. The predicted molar refractivity (Wildman–Crippen MR) is 76.5 cm³/mol. The molecule has 2 nitrogen and oxygen atoms in total. The third kappa shape index (κ3) is 3.39. The fourth-order valence-electron chi connectivity index (χ4n) is 1.69.